The monoisotopic (exact) mass is 482 g/mol. The molecule has 170 valence electrons. The molecule has 1 fully saturated rings. The second-order valence-electron chi connectivity index (χ2n) is 8.19. The number of halogens is 1. The predicted molar refractivity (Wildman–Crippen MR) is 130 cm³/mol. The summed E-state index contributed by atoms with van der Waals surface area (Å²) in [6, 6.07) is 11.9. The van der Waals surface area contributed by atoms with E-state index in [1.54, 1.807) is 28.8 Å². The molecule has 33 heavy (non-hydrogen) atoms. The van der Waals surface area contributed by atoms with Crippen molar-refractivity contribution in [3.05, 3.63) is 71.1 Å². The van der Waals surface area contributed by atoms with E-state index in [0.29, 0.717) is 31.1 Å². The number of hydrogen-bond acceptors (Lipinski definition) is 6. The summed E-state index contributed by atoms with van der Waals surface area (Å²) in [4.78, 5) is 12.3. The molecule has 0 amide bonds. The van der Waals surface area contributed by atoms with Gasteiger partial charge in [0.2, 0.25) is 10.0 Å². The standard InChI is InChI=1S/C24H23FN4O2S2/c1-16-3-4-17(2)21(13-16)33(30,31)29-11-9-28(10-12-29)23-22-20(14-32-24(22)27-15-26-23)18-5-7-19(25)8-6-18/h3-8,13-15H,9-12H2,1-2H3. The maximum absolute atomic E-state index is 13.4. The van der Waals surface area contributed by atoms with Crippen LogP contribution in [0.1, 0.15) is 11.1 Å². The predicted octanol–water partition coefficient (Wildman–Crippen LogP) is 4.63. The Hall–Kier alpha value is -2.88. The molecule has 0 bridgehead atoms. The van der Waals surface area contributed by atoms with Gasteiger partial charge in [0.1, 0.15) is 22.8 Å². The van der Waals surface area contributed by atoms with E-state index < -0.39 is 10.0 Å². The molecule has 9 heteroatoms. The summed E-state index contributed by atoms with van der Waals surface area (Å²) in [5.74, 6) is 0.500. The highest BCUT2D eigenvalue weighted by Gasteiger charge is 2.31. The number of thiophene rings is 1. The Morgan fingerprint density at radius 2 is 1.70 bits per heavy atom. The molecule has 4 aromatic rings. The molecule has 5 rings (SSSR count). The molecule has 0 N–H and O–H groups in total. The first-order valence-electron chi connectivity index (χ1n) is 10.6. The highest BCUT2D eigenvalue weighted by Crippen LogP contribution is 2.38. The second-order valence-corrected chi connectivity index (χ2v) is 11.0. The van der Waals surface area contributed by atoms with Crippen LogP contribution in [0.5, 0.6) is 0 Å². The Balaban J connectivity index is 1.44. The largest absolute Gasteiger partial charge is 0.353 e. The summed E-state index contributed by atoms with van der Waals surface area (Å²) in [5.41, 5.74) is 3.53. The fourth-order valence-corrected chi connectivity index (χ4v) is 6.85. The van der Waals surface area contributed by atoms with Gasteiger partial charge in [0.15, 0.2) is 0 Å². The van der Waals surface area contributed by atoms with E-state index in [4.69, 9.17) is 0 Å². The number of hydrogen-bond donors (Lipinski definition) is 0. The number of rotatable bonds is 4. The minimum Gasteiger partial charge on any atom is -0.353 e. The zero-order chi connectivity index (χ0) is 23.2. The van der Waals surface area contributed by atoms with Gasteiger partial charge < -0.3 is 4.90 Å². The summed E-state index contributed by atoms with van der Waals surface area (Å²) < 4.78 is 41.6. The van der Waals surface area contributed by atoms with Crippen molar-refractivity contribution in [2.75, 3.05) is 31.1 Å². The van der Waals surface area contributed by atoms with Crippen molar-refractivity contribution in [3.8, 4) is 11.1 Å². The number of nitrogens with zero attached hydrogens (tertiary/aromatic N) is 4. The number of fused-ring (bicyclic) bond motifs is 1. The van der Waals surface area contributed by atoms with Crippen LogP contribution in [-0.4, -0.2) is 48.9 Å². The van der Waals surface area contributed by atoms with Crippen molar-refractivity contribution >= 4 is 37.4 Å². The van der Waals surface area contributed by atoms with Gasteiger partial charge in [-0.1, -0.05) is 24.3 Å². The average Bonchev–Trinajstić information content (AvgIpc) is 3.25. The average molecular weight is 483 g/mol. The number of aryl methyl sites for hydroxylation is 2. The topological polar surface area (TPSA) is 66.4 Å². The van der Waals surface area contributed by atoms with E-state index in [2.05, 4.69) is 14.9 Å². The molecule has 3 heterocycles. The number of aromatic nitrogens is 2. The lowest BCUT2D eigenvalue weighted by Gasteiger charge is -2.35. The lowest BCUT2D eigenvalue weighted by molar-refractivity contribution is 0.384. The molecule has 1 aliphatic heterocycles. The maximum Gasteiger partial charge on any atom is 0.243 e. The summed E-state index contributed by atoms with van der Waals surface area (Å²) in [5, 5.41) is 2.93. The van der Waals surface area contributed by atoms with Crippen LogP contribution in [0, 0.1) is 19.7 Å². The van der Waals surface area contributed by atoms with Crippen molar-refractivity contribution in [1.82, 2.24) is 14.3 Å². The molecule has 0 aliphatic carbocycles. The van der Waals surface area contributed by atoms with Crippen LogP contribution >= 0.6 is 11.3 Å². The third-order valence-corrected chi connectivity index (χ3v) is 8.93. The Morgan fingerprint density at radius 3 is 2.42 bits per heavy atom. The molecule has 0 radical (unpaired) electrons. The molecule has 0 atom stereocenters. The summed E-state index contributed by atoms with van der Waals surface area (Å²) in [6.45, 7) is 5.52. The Kier molecular flexibility index (Phi) is 5.64. The fraction of sp³-hybridized carbons (Fsp3) is 0.250. The van der Waals surface area contributed by atoms with Crippen LogP contribution in [0.15, 0.2) is 59.1 Å². The number of piperazine rings is 1. The molecular weight excluding hydrogens is 459 g/mol. The molecule has 1 aliphatic rings. The molecule has 1 saturated heterocycles. The SMILES string of the molecule is Cc1ccc(C)c(S(=O)(=O)N2CCN(c3ncnc4scc(-c5ccc(F)cc5)c34)CC2)c1. The summed E-state index contributed by atoms with van der Waals surface area (Å²) in [7, 11) is -3.57. The van der Waals surface area contributed by atoms with E-state index in [0.717, 1.165) is 38.3 Å². The van der Waals surface area contributed by atoms with Crippen molar-refractivity contribution in [1.29, 1.82) is 0 Å². The van der Waals surface area contributed by atoms with Gasteiger partial charge in [-0.05, 0) is 48.7 Å². The zero-order valence-corrected chi connectivity index (χ0v) is 20.0. The van der Waals surface area contributed by atoms with Gasteiger partial charge in [0.05, 0.1) is 10.3 Å². The third kappa shape index (κ3) is 4.01. The zero-order valence-electron chi connectivity index (χ0n) is 18.3. The normalized spacial score (nSPS) is 15.3. The van der Waals surface area contributed by atoms with E-state index in [9.17, 15) is 12.8 Å². The Bertz CT molecular complexity index is 1430. The van der Waals surface area contributed by atoms with Gasteiger partial charge in [0.25, 0.3) is 0 Å². The molecule has 2 aromatic heterocycles. The molecule has 6 nitrogen and oxygen atoms in total. The van der Waals surface area contributed by atoms with Crippen LogP contribution < -0.4 is 4.90 Å². The van der Waals surface area contributed by atoms with Crippen LogP contribution in [0.3, 0.4) is 0 Å². The molecular formula is C24H23FN4O2S2. The van der Waals surface area contributed by atoms with Gasteiger partial charge in [-0.3, -0.25) is 0 Å². The first-order valence-corrected chi connectivity index (χ1v) is 13.0. The van der Waals surface area contributed by atoms with Gasteiger partial charge >= 0.3 is 0 Å². The lowest BCUT2D eigenvalue weighted by atomic mass is 10.1. The summed E-state index contributed by atoms with van der Waals surface area (Å²) >= 11 is 1.52. The molecule has 0 saturated carbocycles. The van der Waals surface area contributed by atoms with Crippen LogP contribution in [0.2, 0.25) is 0 Å². The van der Waals surface area contributed by atoms with E-state index >= 15 is 0 Å². The summed E-state index contributed by atoms with van der Waals surface area (Å²) in [6.07, 6.45) is 1.54. The smallest absolute Gasteiger partial charge is 0.243 e. The number of anilines is 1. The van der Waals surface area contributed by atoms with Gasteiger partial charge in [-0.15, -0.1) is 11.3 Å². The highest BCUT2D eigenvalue weighted by atomic mass is 32.2. The first-order chi connectivity index (χ1) is 15.8. The van der Waals surface area contributed by atoms with Crippen LogP contribution in [0.4, 0.5) is 10.2 Å². The number of sulfonamides is 1. The van der Waals surface area contributed by atoms with Gasteiger partial charge in [0, 0.05) is 37.1 Å². The Labute approximate surface area is 196 Å². The fourth-order valence-electron chi connectivity index (χ4n) is 4.21. The minimum atomic E-state index is -3.57. The maximum atomic E-state index is 13.4. The first kappa shape index (κ1) is 21.9. The van der Waals surface area contributed by atoms with E-state index in [-0.39, 0.29) is 5.82 Å². The van der Waals surface area contributed by atoms with Gasteiger partial charge in [-0.2, -0.15) is 4.31 Å². The van der Waals surface area contributed by atoms with E-state index in [1.165, 1.54) is 23.5 Å². The molecule has 2 aromatic carbocycles. The third-order valence-electron chi connectivity index (χ3n) is 6.01. The Morgan fingerprint density at radius 1 is 0.970 bits per heavy atom. The highest BCUT2D eigenvalue weighted by molar-refractivity contribution is 7.89. The number of benzene rings is 2. The van der Waals surface area contributed by atoms with Crippen molar-refractivity contribution in [2.24, 2.45) is 0 Å². The van der Waals surface area contributed by atoms with Gasteiger partial charge in [-0.25, -0.2) is 22.8 Å². The van der Waals surface area contributed by atoms with Crippen molar-refractivity contribution in [2.45, 2.75) is 18.7 Å². The molecule has 0 unspecified atom stereocenters. The lowest BCUT2D eigenvalue weighted by Crippen LogP contribution is -2.49. The quantitative estimate of drug-likeness (QED) is 0.425. The van der Waals surface area contributed by atoms with Crippen molar-refractivity contribution in [3.63, 3.8) is 0 Å². The molecule has 0 spiro atoms. The van der Waals surface area contributed by atoms with Crippen molar-refractivity contribution < 1.29 is 12.8 Å². The van der Waals surface area contributed by atoms with Crippen LogP contribution in [-0.2, 0) is 10.0 Å². The van der Waals surface area contributed by atoms with E-state index in [1.807, 2.05) is 31.4 Å². The van der Waals surface area contributed by atoms with Crippen LogP contribution in [0.25, 0.3) is 21.3 Å². The second kappa shape index (κ2) is 8.48. The minimum absolute atomic E-state index is 0.282.